The first-order valence-corrected chi connectivity index (χ1v) is 7.86. The molecule has 0 saturated heterocycles. The van der Waals surface area contributed by atoms with Crippen molar-refractivity contribution in [1.29, 1.82) is 0 Å². The van der Waals surface area contributed by atoms with Gasteiger partial charge in [-0.15, -0.1) is 0 Å². The zero-order valence-electron chi connectivity index (χ0n) is 12.9. The Morgan fingerprint density at radius 1 is 1.14 bits per heavy atom. The van der Waals surface area contributed by atoms with E-state index in [1.165, 1.54) is 12.0 Å². The van der Waals surface area contributed by atoms with Crippen molar-refractivity contribution in [3.05, 3.63) is 29.8 Å². The molecule has 0 atom stereocenters. The summed E-state index contributed by atoms with van der Waals surface area (Å²) >= 11 is 0. The summed E-state index contributed by atoms with van der Waals surface area (Å²) in [5.74, 6) is 0.828. The van der Waals surface area contributed by atoms with Crippen LogP contribution < -0.4 is 10.1 Å². The molecule has 21 heavy (non-hydrogen) atoms. The van der Waals surface area contributed by atoms with E-state index in [9.17, 15) is 5.11 Å². The van der Waals surface area contributed by atoms with Crippen LogP contribution in [0.3, 0.4) is 0 Å². The lowest BCUT2D eigenvalue weighted by Gasteiger charge is -2.31. The van der Waals surface area contributed by atoms with Gasteiger partial charge in [0, 0.05) is 20.2 Å². The molecular weight excluding hydrogens is 266 g/mol. The number of benzene rings is 1. The molecule has 2 N–H and O–H groups in total. The Morgan fingerprint density at radius 2 is 1.86 bits per heavy atom. The molecule has 1 saturated carbocycles. The second-order valence-corrected chi connectivity index (χ2v) is 5.89. The van der Waals surface area contributed by atoms with Crippen molar-refractivity contribution >= 4 is 0 Å². The number of methoxy groups -OCH3 is 1. The van der Waals surface area contributed by atoms with E-state index in [1.54, 1.807) is 7.11 Å². The molecule has 1 aliphatic carbocycles. The van der Waals surface area contributed by atoms with Gasteiger partial charge in [0.1, 0.15) is 12.4 Å². The normalized spacial score (nSPS) is 17.6. The molecule has 1 aliphatic rings. The Hall–Kier alpha value is -1.10. The van der Waals surface area contributed by atoms with Gasteiger partial charge in [0.25, 0.3) is 0 Å². The Kier molecular flexibility index (Phi) is 6.49. The maximum absolute atomic E-state index is 10.4. The van der Waals surface area contributed by atoms with Crippen LogP contribution in [0, 0.1) is 0 Å². The molecule has 0 bridgehead atoms. The molecule has 1 aromatic carbocycles. The molecule has 1 aromatic rings. The fourth-order valence-corrected chi connectivity index (χ4v) is 2.68. The van der Waals surface area contributed by atoms with E-state index in [0.717, 1.165) is 51.1 Å². The molecule has 4 heteroatoms. The van der Waals surface area contributed by atoms with Gasteiger partial charge in [0.2, 0.25) is 0 Å². The minimum Gasteiger partial charge on any atom is -0.491 e. The Morgan fingerprint density at radius 3 is 2.52 bits per heavy atom. The van der Waals surface area contributed by atoms with Crippen molar-refractivity contribution in [3.8, 4) is 5.75 Å². The average molecular weight is 293 g/mol. The van der Waals surface area contributed by atoms with Crippen LogP contribution in [-0.4, -0.2) is 37.6 Å². The lowest BCUT2D eigenvalue weighted by Crippen LogP contribution is -2.37. The molecule has 0 spiro atoms. The minimum atomic E-state index is -0.626. The molecule has 1 fully saturated rings. The third kappa shape index (κ3) is 5.65. The summed E-state index contributed by atoms with van der Waals surface area (Å²) in [6.07, 6.45) is 5.15. The van der Waals surface area contributed by atoms with E-state index in [4.69, 9.17) is 9.47 Å². The summed E-state index contributed by atoms with van der Waals surface area (Å²) in [7, 11) is 1.70. The third-order valence-electron chi connectivity index (χ3n) is 4.03. The molecule has 0 aliphatic heterocycles. The minimum absolute atomic E-state index is 0.401. The number of aliphatic hydroxyl groups is 1. The summed E-state index contributed by atoms with van der Waals surface area (Å²) < 4.78 is 10.7. The standard InChI is InChI=1S/C17H27NO3/c1-20-12-11-18-13-15-5-7-16(8-6-15)21-14-17(19)9-3-2-4-10-17/h5-8,18-19H,2-4,9-14H2,1H3. The SMILES string of the molecule is COCCNCc1ccc(OCC2(O)CCCCC2)cc1. The zero-order valence-corrected chi connectivity index (χ0v) is 12.9. The average Bonchev–Trinajstić information content (AvgIpc) is 2.52. The van der Waals surface area contributed by atoms with Crippen molar-refractivity contribution in [1.82, 2.24) is 5.32 Å². The van der Waals surface area contributed by atoms with Crippen molar-refractivity contribution in [2.24, 2.45) is 0 Å². The van der Waals surface area contributed by atoms with Crippen LogP contribution in [0.15, 0.2) is 24.3 Å². The molecule has 0 radical (unpaired) electrons. The van der Waals surface area contributed by atoms with Gasteiger partial charge in [0.15, 0.2) is 0 Å². The van der Waals surface area contributed by atoms with Gasteiger partial charge in [-0.05, 0) is 30.5 Å². The first-order chi connectivity index (χ1) is 10.2. The van der Waals surface area contributed by atoms with E-state index < -0.39 is 5.60 Å². The molecule has 118 valence electrons. The summed E-state index contributed by atoms with van der Waals surface area (Å²) in [4.78, 5) is 0. The van der Waals surface area contributed by atoms with Crippen LogP contribution in [0.25, 0.3) is 0 Å². The topological polar surface area (TPSA) is 50.7 Å². The van der Waals surface area contributed by atoms with Gasteiger partial charge in [-0.2, -0.15) is 0 Å². The van der Waals surface area contributed by atoms with Crippen molar-refractivity contribution in [2.75, 3.05) is 26.9 Å². The molecule has 0 unspecified atom stereocenters. The number of hydrogen-bond donors (Lipinski definition) is 2. The lowest BCUT2D eigenvalue weighted by molar-refractivity contribution is -0.0339. The van der Waals surface area contributed by atoms with Crippen LogP contribution in [0.2, 0.25) is 0 Å². The van der Waals surface area contributed by atoms with Gasteiger partial charge in [-0.1, -0.05) is 31.4 Å². The highest BCUT2D eigenvalue weighted by molar-refractivity contribution is 5.27. The van der Waals surface area contributed by atoms with Crippen molar-refractivity contribution in [3.63, 3.8) is 0 Å². The molecule has 2 rings (SSSR count). The summed E-state index contributed by atoms with van der Waals surface area (Å²) in [5, 5.41) is 13.7. The highest BCUT2D eigenvalue weighted by Crippen LogP contribution is 2.28. The number of rotatable bonds is 8. The van der Waals surface area contributed by atoms with E-state index in [-0.39, 0.29) is 0 Å². The van der Waals surface area contributed by atoms with Gasteiger partial charge < -0.3 is 19.9 Å². The van der Waals surface area contributed by atoms with Crippen LogP contribution in [-0.2, 0) is 11.3 Å². The molecule has 0 amide bonds. The van der Waals surface area contributed by atoms with Gasteiger partial charge in [0.05, 0.1) is 12.2 Å². The number of nitrogens with one attached hydrogen (secondary N) is 1. The first-order valence-electron chi connectivity index (χ1n) is 7.86. The fraction of sp³-hybridized carbons (Fsp3) is 0.647. The second-order valence-electron chi connectivity index (χ2n) is 5.89. The van der Waals surface area contributed by atoms with Crippen LogP contribution >= 0.6 is 0 Å². The van der Waals surface area contributed by atoms with Gasteiger partial charge >= 0.3 is 0 Å². The Balaban J connectivity index is 1.74. The van der Waals surface area contributed by atoms with Crippen molar-refractivity contribution < 1.29 is 14.6 Å². The predicted octanol–water partition coefficient (Wildman–Crippen LogP) is 2.50. The summed E-state index contributed by atoms with van der Waals surface area (Å²) in [5.41, 5.74) is 0.591. The number of ether oxygens (including phenoxy) is 2. The summed E-state index contributed by atoms with van der Waals surface area (Å²) in [6, 6.07) is 8.05. The largest absolute Gasteiger partial charge is 0.491 e. The quantitative estimate of drug-likeness (QED) is 0.723. The Bertz CT molecular complexity index is 399. The maximum Gasteiger partial charge on any atom is 0.119 e. The second kappa shape index (κ2) is 8.37. The van der Waals surface area contributed by atoms with Crippen molar-refractivity contribution in [2.45, 2.75) is 44.2 Å². The van der Waals surface area contributed by atoms with Crippen LogP contribution in [0.4, 0.5) is 0 Å². The van der Waals surface area contributed by atoms with Crippen LogP contribution in [0.5, 0.6) is 5.75 Å². The first kappa shape index (κ1) is 16.3. The maximum atomic E-state index is 10.4. The molecule has 4 nitrogen and oxygen atoms in total. The third-order valence-corrected chi connectivity index (χ3v) is 4.03. The molecule has 0 heterocycles. The van der Waals surface area contributed by atoms with E-state index in [2.05, 4.69) is 17.4 Å². The summed E-state index contributed by atoms with van der Waals surface area (Å²) in [6.45, 7) is 2.80. The van der Waals surface area contributed by atoms with E-state index in [0.29, 0.717) is 6.61 Å². The zero-order chi connectivity index (χ0) is 15.0. The highest BCUT2D eigenvalue weighted by atomic mass is 16.5. The Labute approximate surface area is 127 Å². The predicted molar refractivity (Wildman–Crippen MR) is 83.6 cm³/mol. The van der Waals surface area contributed by atoms with Gasteiger partial charge in [-0.25, -0.2) is 0 Å². The molecule has 0 aromatic heterocycles. The fourth-order valence-electron chi connectivity index (χ4n) is 2.68. The van der Waals surface area contributed by atoms with E-state index >= 15 is 0 Å². The highest BCUT2D eigenvalue weighted by Gasteiger charge is 2.29. The van der Waals surface area contributed by atoms with Gasteiger partial charge in [-0.3, -0.25) is 0 Å². The van der Waals surface area contributed by atoms with Crippen LogP contribution in [0.1, 0.15) is 37.7 Å². The lowest BCUT2D eigenvalue weighted by atomic mass is 9.85. The molecular formula is C17H27NO3. The smallest absolute Gasteiger partial charge is 0.119 e. The number of hydrogen-bond acceptors (Lipinski definition) is 4. The monoisotopic (exact) mass is 293 g/mol. The van der Waals surface area contributed by atoms with E-state index in [1.807, 2.05) is 12.1 Å².